The van der Waals surface area contributed by atoms with Crippen LogP contribution in [0.25, 0.3) is 22.2 Å². The van der Waals surface area contributed by atoms with E-state index in [4.69, 9.17) is 11.6 Å². The van der Waals surface area contributed by atoms with Crippen molar-refractivity contribution in [2.24, 2.45) is 0 Å². The standard InChI is InChI=1S/C19H17ClN2O/c1-11-16(20)8-7-13-14(9-10-21-2)18-12-5-3-4-6-15(12)19(23)22(18)17(11)13/h3-8,21H,9-10H2,1-2H3. The first-order valence-corrected chi connectivity index (χ1v) is 8.14. The van der Waals surface area contributed by atoms with Gasteiger partial charge in [-0.05, 0) is 50.2 Å². The summed E-state index contributed by atoms with van der Waals surface area (Å²) in [7, 11) is 1.94. The quantitative estimate of drug-likeness (QED) is 0.617. The Morgan fingerprint density at radius 2 is 1.87 bits per heavy atom. The van der Waals surface area contributed by atoms with Gasteiger partial charge in [0, 0.05) is 21.5 Å². The zero-order valence-electron chi connectivity index (χ0n) is 13.1. The summed E-state index contributed by atoms with van der Waals surface area (Å²) in [5.41, 5.74) is 5.94. The van der Waals surface area contributed by atoms with E-state index < -0.39 is 0 Å². The molecule has 0 radical (unpaired) electrons. The molecule has 1 aliphatic rings. The molecule has 0 atom stereocenters. The number of carbonyl (C=O) groups is 1. The van der Waals surface area contributed by atoms with Gasteiger partial charge in [0.05, 0.1) is 11.2 Å². The zero-order chi connectivity index (χ0) is 16.1. The molecule has 0 aliphatic carbocycles. The van der Waals surface area contributed by atoms with E-state index in [0.717, 1.165) is 46.3 Å². The van der Waals surface area contributed by atoms with Crippen LogP contribution in [0, 0.1) is 6.92 Å². The lowest BCUT2D eigenvalue weighted by molar-refractivity contribution is 0.0973. The maximum atomic E-state index is 13.0. The maximum absolute atomic E-state index is 13.0. The molecule has 116 valence electrons. The van der Waals surface area contributed by atoms with Gasteiger partial charge in [0.1, 0.15) is 0 Å². The van der Waals surface area contributed by atoms with Crippen LogP contribution in [0.15, 0.2) is 36.4 Å². The van der Waals surface area contributed by atoms with Gasteiger partial charge in [0.25, 0.3) is 5.91 Å². The fourth-order valence-corrected chi connectivity index (χ4v) is 3.72. The highest BCUT2D eigenvalue weighted by Crippen LogP contribution is 2.43. The Bertz CT molecular complexity index is 956. The van der Waals surface area contributed by atoms with E-state index in [1.807, 2.05) is 54.9 Å². The predicted octanol–water partition coefficient (Wildman–Crippen LogP) is 4.03. The minimum Gasteiger partial charge on any atom is -0.319 e. The highest BCUT2D eigenvalue weighted by molar-refractivity contribution is 6.32. The Morgan fingerprint density at radius 1 is 1.13 bits per heavy atom. The number of rotatable bonds is 3. The SMILES string of the molecule is CNCCc1c2n(c3c(C)c(Cl)ccc13)C(=O)c1ccccc1-2. The van der Waals surface area contributed by atoms with Crippen molar-refractivity contribution in [1.82, 2.24) is 9.88 Å². The van der Waals surface area contributed by atoms with E-state index in [0.29, 0.717) is 5.02 Å². The minimum absolute atomic E-state index is 0.0432. The Balaban J connectivity index is 2.13. The van der Waals surface area contributed by atoms with Crippen molar-refractivity contribution < 1.29 is 4.79 Å². The fraction of sp³-hybridized carbons (Fsp3) is 0.211. The molecule has 4 heteroatoms. The second-order valence-electron chi connectivity index (χ2n) is 5.94. The Hall–Kier alpha value is -2.10. The smallest absolute Gasteiger partial charge is 0.263 e. The van der Waals surface area contributed by atoms with Gasteiger partial charge in [-0.2, -0.15) is 0 Å². The van der Waals surface area contributed by atoms with Crippen LogP contribution in [0.1, 0.15) is 21.5 Å². The third-order valence-corrected chi connectivity index (χ3v) is 5.07. The number of halogens is 1. The van der Waals surface area contributed by atoms with Gasteiger partial charge in [-0.3, -0.25) is 9.36 Å². The first kappa shape index (κ1) is 14.5. The van der Waals surface area contributed by atoms with E-state index in [9.17, 15) is 4.79 Å². The number of fused-ring (bicyclic) bond motifs is 5. The molecule has 0 fully saturated rings. The number of nitrogens with one attached hydrogen (secondary N) is 1. The van der Waals surface area contributed by atoms with Gasteiger partial charge in [-0.1, -0.05) is 35.9 Å². The molecule has 3 aromatic rings. The molecule has 3 nitrogen and oxygen atoms in total. The normalized spacial score (nSPS) is 12.7. The van der Waals surface area contributed by atoms with Gasteiger partial charge < -0.3 is 5.32 Å². The summed E-state index contributed by atoms with van der Waals surface area (Å²) in [4.78, 5) is 13.0. The largest absolute Gasteiger partial charge is 0.319 e. The van der Waals surface area contributed by atoms with Crippen LogP contribution in [0.2, 0.25) is 5.02 Å². The topological polar surface area (TPSA) is 34.0 Å². The first-order valence-electron chi connectivity index (χ1n) is 7.76. The molecular weight excluding hydrogens is 308 g/mol. The van der Waals surface area contributed by atoms with Gasteiger partial charge in [-0.25, -0.2) is 0 Å². The number of hydrogen-bond acceptors (Lipinski definition) is 2. The van der Waals surface area contributed by atoms with Crippen molar-refractivity contribution >= 4 is 28.4 Å². The predicted molar refractivity (Wildman–Crippen MR) is 94.5 cm³/mol. The summed E-state index contributed by atoms with van der Waals surface area (Å²) in [5, 5.41) is 5.02. The van der Waals surface area contributed by atoms with Crippen molar-refractivity contribution in [1.29, 1.82) is 0 Å². The molecule has 0 amide bonds. The van der Waals surface area contributed by atoms with Crippen LogP contribution >= 0.6 is 11.6 Å². The molecule has 0 saturated carbocycles. The summed E-state index contributed by atoms with van der Waals surface area (Å²) in [6.45, 7) is 2.85. The van der Waals surface area contributed by atoms with Crippen LogP contribution in [-0.4, -0.2) is 24.1 Å². The van der Waals surface area contributed by atoms with E-state index in [1.165, 1.54) is 5.56 Å². The molecular formula is C19H17ClN2O. The Kier molecular flexibility index (Phi) is 3.29. The average molecular weight is 325 g/mol. The highest BCUT2D eigenvalue weighted by atomic mass is 35.5. The number of carbonyl (C=O) groups excluding carboxylic acids is 1. The molecule has 0 saturated heterocycles. The van der Waals surface area contributed by atoms with E-state index >= 15 is 0 Å². The van der Waals surface area contributed by atoms with Gasteiger partial charge >= 0.3 is 0 Å². The summed E-state index contributed by atoms with van der Waals surface area (Å²) in [6, 6.07) is 11.8. The summed E-state index contributed by atoms with van der Waals surface area (Å²) >= 11 is 6.32. The number of hydrogen-bond donors (Lipinski definition) is 1. The zero-order valence-corrected chi connectivity index (χ0v) is 13.9. The van der Waals surface area contributed by atoms with Crippen LogP contribution < -0.4 is 5.32 Å². The lowest BCUT2D eigenvalue weighted by Crippen LogP contribution is -2.10. The second-order valence-corrected chi connectivity index (χ2v) is 6.34. The highest BCUT2D eigenvalue weighted by Gasteiger charge is 2.32. The minimum atomic E-state index is 0.0432. The van der Waals surface area contributed by atoms with Crippen molar-refractivity contribution in [3.05, 3.63) is 58.1 Å². The number of benzene rings is 2. The van der Waals surface area contributed by atoms with Crippen molar-refractivity contribution in [2.75, 3.05) is 13.6 Å². The van der Waals surface area contributed by atoms with Crippen LogP contribution in [0.3, 0.4) is 0 Å². The summed E-state index contributed by atoms with van der Waals surface area (Å²) < 4.78 is 1.85. The van der Waals surface area contributed by atoms with Crippen LogP contribution in [0.5, 0.6) is 0 Å². The number of nitrogens with zero attached hydrogens (tertiary/aromatic N) is 1. The third kappa shape index (κ3) is 1.90. The summed E-state index contributed by atoms with van der Waals surface area (Å²) in [6.07, 6.45) is 0.873. The number of aromatic nitrogens is 1. The number of aryl methyl sites for hydroxylation is 1. The molecule has 0 bridgehead atoms. The van der Waals surface area contributed by atoms with Crippen molar-refractivity contribution in [2.45, 2.75) is 13.3 Å². The molecule has 1 aromatic heterocycles. The second kappa shape index (κ2) is 5.22. The number of likely N-dealkylation sites (N-methyl/N-ethyl adjacent to an activating group) is 1. The third-order valence-electron chi connectivity index (χ3n) is 4.66. The maximum Gasteiger partial charge on any atom is 0.263 e. The lowest BCUT2D eigenvalue weighted by Gasteiger charge is -2.06. The molecule has 23 heavy (non-hydrogen) atoms. The van der Waals surface area contributed by atoms with Gasteiger partial charge in [0.2, 0.25) is 0 Å². The molecule has 2 heterocycles. The molecule has 1 N–H and O–H groups in total. The van der Waals surface area contributed by atoms with E-state index in [1.54, 1.807) is 0 Å². The molecule has 0 unspecified atom stereocenters. The van der Waals surface area contributed by atoms with Gasteiger partial charge in [-0.15, -0.1) is 0 Å². The lowest BCUT2D eigenvalue weighted by atomic mass is 9.99. The monoisotopic (exact) mass is 324 g/mol. The summed E-state index contributed by atoms with van der Waals surface area (Å²) in [5.74, 6) is 0.0432. The molecule has 4 rings (SSSR count). The Morgan fingerprint density at radius 3 is 2.61 bits per heavy atom. The van der Waals surface area contributed by atoms with Crippen LogP contribution in [-0.2, 0) is 6.42 Å². The molecule has 1 aliphatic heterocycles. The van der Waals surface area contributed by atoms with E-state index in [2.05, 4.69) is 5.32 Å². The first-order chi connectivity index (χ1) is 11.1. The fourth-order valence-electron chi connectivity index (χ4n) is 3.57. The van der Waals surface area contributed by atoms with Gasteiger partial charge in [0.15, 0.2) is 0 Å². The van der Waals surface area contributed by atoms with Crippen molar-refractivity contribution in [3.63, 3.8) is 0 Å². The van der Waals surface area contributed by atoms with E-state index in [-0.39, 0.29) is 5.91 Å². The van der Waals surface area contributed by atoms with Crippen LogP contribution in [0.4, 0.5) is 0 Å². The molecule has 0 spiro atoms. The average Bonchev–Trinajstić information content (AvgIpc) is 3.04. The molecule has 2 aromatic carbocycles. The van der Waals surface area contributed by atoms with Crippen molar-refractivity contribution in [3.8, 4) is 11.3 Å². The Labute approximate surface area is 139 Å².